The monoisotopic (exact) mass is 475 g/mol. The number of pyridine rings is 1. The van der Waals surface area contributed by atoms with E-state index in [0.717, 1.165) is 11.5 Å². The number of hydrogen-bond acceptors (Lipinski definition) is 5. The zero-order valence-corrected chi connectivity index (χ0v) is 18.5. The maximum atomic E-state index is 14.7. The van der Waals surface area contributed by atoms with Crippen LogP contribution in [0.1, 0.15) is 16.1 Å². The Kier molecular flexibility index (Phi) is 5.42. The quantitative estimate of drug-likeness (QED) is 0.390. The van der Waals surface area contributed by atoms with Crippen molar-refractivity contribution in [1.82, 2.24) is 25.1 Å². The summed E-state index contributed by atoms with van der Waals surface area (Å²) in [5.41, 5.74) is 2.10. The Morgan fingerprint density at radius 2 is 1.85 bits per heavy atom. The van der Waals surface area contributed by atoms with E-state index in [2.05, 4.69) is 20.4 Å². The normalized spacial score (nSPS) is 11.6. The number of rotatable bonds is 6. The first kappa shape index (κ1) is 21.5. The van der Waals surface area contributed by atoms with Crippen LogP contribution in [0.5, 0.6) is 0 Å². The maximum absolute atomic E-state index is 14.7. The van der Waals surface area contributed by atoms with Gasteiger partial charge in [-0.15, -0.1) is 0 Å². The van der Waals surface area contributed by atoms with Crippen LogP contribution in [-0.2, 0) is 16.4 Å². The van der Waals surface area contributed by atoms with E-state index in [1.54, 1.807) is 48.9 Å². The lowest BCUT2D eigenvalue weighted by molar-refractivity contribution is 0.0946. The van der Waals surface area contributed by atoms with Crippen molar-refractivity contribution in [1.29, 1.82) is 0 Å². The number of carbonyl (C=O) groups excluding carboxylic acids is 1. The van der Waals surface area contributed by atoms with Crippen LogP contribution in [0.25, 0.3) is 16.7 Å². The number of carbonyl (C=O) groups is 1. The van der Waals surface area contributed by atoms with Crippen molar-refractivity contribution in [2.75, 3.05) is 0 Å². The molecule has 10 heteroatoms. The molecule has 5 rings (SSSR count). The highest BCUT2D eigenvalue weighted by Gasteiger charge is 2.22. The predicted octanol–water partition coefficient (Wildman–Crippen LogP) is 3.65. The molecule has 0 aliphatic rings. The van der Waals surface area contributed by atoms with Gasteiger partial charge in [0.15, 0.2) is 0 Å². The Balaban J connectivity index is 1.30. The molecule has 3 heterocycles. The first-order chi connectivity index (χ1) is 16.4. The summed E-state index contributed by atoms with van der Waals surface area (Å²) in [6, 6.07) is 16.8. The molecule has 2 N–H and O–H groups in total. The molecule has 0 saturated carbocycles. The number of sulfone groups is 1. The number of aromatic nitrogens is 4. The van der Waals surface area contributed by atoms with E-state index in [4.69, 9.17) is 0 Å². The van der Waals surface area contributed by atoms with E-state index >= 15 is 0 Å². The van der Waals surface area contributed by atoms with Crippen molar-refractivity contribution in [2.45, 2.75) is 16.3 Å². The third kappa shape index (κ3) is 4.06. The van der Waals surface area contributed by atoms with Gasteiger partial charge in [-0.25, -0.2) is 22.5 Å². The number of hydrogen-bond donors (Lipinski definition) is 2. The lowest BCUT2D eigenvalue weighted by atomic mass is 10.2. The van der Waals surface area contributed by atoms with E-state index in [1.807, 2.05) is 6.07 Å². The van der Waals surface area contributed by atoms with Gasteiger partial charge in [0.1, 0.15) is 22.1 Å². The molecule has 0 saturated heterocycles. The molecule has 34 heavy (non-hydrogen) atoms. The summed E-state index contributed by atoms with van der Waals surface area (Å²) in [5.74, 6) is -1.17. The van der Waals surface area contributed by atoms with Crippen molar-refractivity contribution in [2.24, 2.45) is 0 Å². The van der Waals surface area contributed by atoms with Crippen LogP contribution in [0.15, 0.2) is 95.1 Å². The first-order valence-electron chi connectivity index (χ1n) is 10.3. The SMILES string of the molecule is O=C(NCc1ccc(S(=O)(=O)c2ccc(-n3cccn3)cc2F)cc1)c1cc2cccnc2[nH]1. The van der Waals surface area contributed by atoms with Gasteiger partial charge in [-0.3, -0.25) is 4.79 Å². The molecule has 0 aliphatic carbocycles. The van der Waals surface area contributed by atoms with Crippen molar-refractivity contribution >= 4 is 26.8 Å². The van der Waals surface area contributed by atoms with Crippen LogP contribution in [0.4, 0.5) is 4.39 Å². The zero-order chi connectivity index (χ0) is 23.7. The number of aromatic amines is 1. The van der Waals surface area contributed by atoms with Gasteiger partial charge in [0.25, 0.3) is 5.91 Å². The molecular weight excluding hydrogens is 457 g/mol. The molecule has 3 aromatic heterocycles. The molecule has 2 aromatic carbocycles. The predicted molar refractivity (Wildman–Crippen MR) is 123 cm³/mol. The molecule has 0 unspecified atom stereocenters. The van der Waals surface area contributed by atoms with Gasteiger partial charge in [0, 0.05) is 36.6 Å². The van der Waals surface area contributed by atoms with E-state index in [-0.39, 0.29) is 17.3 Å². The largest absolute Gasteiger partial charge is 0.347 e. The van der Waals surface area contributed by atoms with Gasteiger partial charge in [-0.05, 0) is 54.1 Å². The van der Waals surface area contributed by atoms with Crippen LogP contribution in [0, 0.1) is 5.82 Å². The number of amides is 1. The molecular formula is C24H18FN5O3S. The van der Waals surface area contributed by atoms with Crippen molar-refractivity contribution in [3.63, 3.8) is 0 Å². The molecule has 170 valence electrons. The standard InChI is InChI=1S/C24H18FN5O3S/c25-20-14-18(30-12-2-11-28-30)6-9-22(20)34(32,33)19-7-4-16(5-8-19)15-27-24(31)21-13-17-3-1-10-26-23(17)29-21/h1-14H,15H2,(H,26,29)(H,27,31). The van der Waals surface area contributed by atoms with Gasteiger partial charge >= 0.3 is 0 Å². The van der Waals surface area contributed by atoms with Crippen LogP contribution >= 0.6 is 0 Å². The zero-order valence-electron chi connectivity index (χ0n) is 17.6. The molecule has 0 atom stereocenters. The van der Waals surface area contributed by atoms with E-state index in [1.165, 1.54) is 28.9 Å². The Morgan fingerprint density at radius 1 is 1.03 bits per heavy atom. The van der Waals surface area contributed by atoms with Crippen LogP contribution in [0.2, 0.25) is 0 Å². The second kappa shape index (κ2) is 8.56. The fourth-order valence-corrected chi connectivity index (χ4v) is 4.85. The van der Waals surface area contributed by atoms with Crippen LogP contribution in [-0.4, -0.2) is 34.1 Å². The third-order valence-corrected chi connectivity index (χ3v) is 7.10. The molecule has 5 aromatic rings. The summed E-state index contributed by atoms with van der Waals surface area (Å²) < 4.78 is 42.0. The molecule has 0 fully saturated rings. The van der Waals surface area contributed by atoms with Gasteiger partial charge < -0.3 is 10.3 Å². The van der Waals surface area contributed by atoms with Crippen LogP contribution < -0.4 is 5.32 Å². The summed E-state index contributed by atoms with van der Waals surface area (Å²) in [4.78, 5) is 19.1. The molecule has 0 bridgehead atoms. The van der Waals surface area contributed by atoms with Crippen molar-refractivity contribution in [3.8, 4) is 5.69 Å². The number of H-pyrrole nitrogens is 1. The minimum absolute atomic E-state index is 0.0463. The third-order valence-electron chi connectivity index (χ3n) is 5.30. The van der Waals surface area contributed by atoms with E-state index < -0.39 is 20.5 Å². The Bertz CT molecular complexity index is 1560. The fourth-order valence-electron chi connectivity index (χ4n) is 3.54. The fraction of sp³-hybridized carbons (Fsp3) is 0.0417. The Labute approximate surface area is 194 Å². The van der Waals surface area contributed by atoms with Gasteiger partial charge in [-0.2, -0.15) is 5.10 Å². The van der Waals surface area contributed by atoms with Gasteiger partial charge in [0.05, 0.1) is 10.6 Å². The first-order valence-corrected chi connectivity index (χ1v) is 11.8. The smallest absolute Gasteiger partial charge is 0.268 e. The summed E-state index contributed by atoms with van der Waals surface area (Å²) in [6.07, 6.45) is 4.81. The van der Waals surface area contributed by atoms with Crippen molar-refractivity contribution in [3.05, 3.63) is 102 Å². The second-order valence-electron chi connectivity index (χ2n) is 7.52. The summed E-state index contributed by atoms with van der Waals surface area (Å²) in [6.45, 7) is 0.189. The number of nitrogens with zero attached hydrogens (tertiary/aromatic N) is 3. The van der Waals surface area contributed by atoms with Crippen molar-refractivity contribution < 1.29 is 17.6 Å². The number of nitrogens with one attached hydrogen (secondary N) is 2. The van der Waals surface area contributed by atoms with E-state index in [0.29, 0.717) is 22.6 Å². The van der Waals surface area contributed by atoms with Crippen LogP contribution in [0.3, 0.4) is 0 Å². The molecule has 0 radical (unpaired) electrons. The second-order valence-corrected chi connectivity index (χ2v) is 9.44. The number of halogens is 1. The molecule has 1 amide bonds. The van der Waals surface area contributed by atoms with Gasteiger partial charge in [-0.1, -0.05) is 12.1 Å². The Hall–Kier alpha value is -4.31. The molecule has 8 nitrogen and oxygen atoms in total. The summed E-state index contributed by atoms with van der Waals surface area (Å²) in [5, 5.41) is 7.62. The average Bonchev–Trinajstić information content (AvgIpc) is 3.53. The topological polar surface area (TPSA) is 110 Å². The minimum Gasteiger partial charge on any atom is -0.347 e. The maximum Gasteiger partial charge on any atom is 0.268 e. The highest BCUT2D eigenvalue weighted by atomic mass is 32.2. The average molecular weight is 476 g/mol. The summed E-state index contributed by atoms with van der Waals surface area (Å²) in [7, 11) is -4.07. The minimum atomic E-state index is -4.07. The lowest BCUT2D eigenvalue weighted by Gasteiger charge is -2.09. The summed E-state index contributed by atoms with van der Waals surface area (Å²) >= 11 is 0. The highest BCUT2D eigenvalue weighted by molar-refractivity contribution is 7.91. The number of benzene rings is 2. The molecule has 0 aliphatic heterocycles. The molecule has 0 spiro atoms. The number of fused-ring (bicyclic) bond motifs is 1. The van der Waals surface area contributed by atoms with E-state index in [9.17, 15) is 17.6 Å². The van der Waals surface area contributed by atoms with Gasteiger partial charge in [0.2, 0.25) is 9.84 Å². The lowest BCUT2D eigenvalue weighted by Crippen LogP contribution is -2.23. The Morgan fingerprint density at radius 3 is 2.56 bits per heavy atom. The highest BCUT2D eigenvalue weighted by Crippen LogP contribution is 2.25.